The molecule has 0 aliphatic carbocycles. The van der Waals surface area contributed by atoms with Gasteiger partial charge in [0.25, 0.3) is 0 Å². The first-order chi connectivity index (χ1) is 9.56. The molecule has 2 N–H and O–H groups in total. The third-order valence-corrected chi connectivity index (χ3v) is 3.36. The van der Waals surface area contributed by atoms with E-state index in [1.54, 1.807) is 18.2 Å². The number of rotatable bonds is 5. The molecule has 0 aliphatic rings. The van der Waals surface area contributed by atoms with Gasteiger partial charge in [-0.2, -0.15) is 5.21 Å². The predicted molar refractivity (Wildman–Crippen MR) is 75.8 cm³/mol. The number of aromatic amines is 1. The Morgan fingerprint density at radius 3 is 2.90 bits per heavy atom. The van der Waals surface area contributed by atoms with Gasteiger partial charge in [0.15, 0.2) is 5.82 Å². The van der Waals surface area contributed by atoms with Crippen molar-refractivity contribution < 1.29 is 4.79 Å². The van der Waals surface area contributed by atoms with Gasteiger partial charge in [-0.3, -0.25) is 4.79 Å². The number of carbonyl (C=O) groups is 1. The number of nitrogens with one attached hydrogen (secondary N) is 2. The van der Waals surface area contributed by atoms with E-state index in [2.05, 4.69) is 25.9 Å². The second-order valence-corrected chi connectivity index (χ2v) is 5.23. The summed E-state index contributed by atoms with van der Waals surface area (Å²) in [6.45, 7) is 2.34. The highest BCUT2D eigenvalue weighted by molar-refractivity contribution is 6.35. The van der Waals surface area contributed by atoms with Crippen LogP contribution in [0.25, 0.3) is 0 Å². The fraction of sp³-hybridized carbons (Fsp3) is 0.333. The number of nitrogens with zero attached hydrogens (tertiary/aromatic N) is 3. The van der Waals surface area contributed by atoms with Crippen LogP contribution in [0, 0.1) is 0 Å². The molecule has 2 rings (SSSR count). The van der Waals surface area contributed by atoms with Crippen LogP contribution >= 0.6 is 23.2 Å². The molecule has 0 fully saturated rings. The minimum Gasteiger partial charge on any atom is -0.355 e. The van der Waals surface area contributed by atoms with Crippen molar-refractivity contribution in [1.29, 1.82) is 0 Å². The fourth-order valence-corrected chi connectivity index (χ4v) is 2.11. The van der Waals surface area contributed by atoms with Crippen molar-refractivity contribution >= 4 is 29.1 Å². The van der Waals surface area contributed by atoms with Gasteiger partial charge in [-0.15, -0.1) is 10.2 Å². The van der Waals surface area contributed by atoms with E-state index in [0.717, 1.165) is 5.56 Å². The van der Waals surface area contributed by atoms with E-state index in [1.165, 1.54) is 0 Å². The topological polar surface area (TPSA) is 83.6 Å². The summed E-state index contributed by atoms with van der Waals surface area (Å²) in [5.41, 5.74) is 0.737. The summed E-state index contributed by atoms with van der Waals surface area (Å²) in [6.07, 6.45) is 0.203. The number of amides is 1. The number of tetrazole rings is 1. The van der Waals surface area contributed by atoms with Gasteiger partial charge in [0.1, 0.15) is 0 Å². The van der Waals surface area contributed by atoms with Crippen LogP contribution in [0.2, 0.25) is 10.0 Å². The number of carbonyl (C=O) groups excluding carboxylic acids is 1. The Balaban J connectivity index is 1.86. The molecule has 1 aromatic carbocycles. The van der Waals surface area contributed by atoms with Crippen LogP contribution in [-0.2, 0) is 11.2 Å². The monoisotopic (exact) mass is 313 g/mol. The van der Waals surface area contributed by atoms with Crippen molar-refractivity contribution in [3.8, 4) is 0 Å². The SMILES string of the molecule is C[C@@H](CNC(=O)Cc1ccc(Cl)cc1Cl)c1nn[nH]n1. The van der Waals surface area contributed by atoms with Crippen LogP contribution in [0.1, 0.15) is 24.2 Å². The van der Waals surface area contributed by atoms with Crippen molar-refractivity contribution in [1.82, 2.24) is 25.9 Å². The Labute approximate surface area is 125 Å². The molecule has 106 valence electrons. The summed E-state index contributed by atoms with van der Waals surface area (Å²) >= 11 is 11.8. The van der Waals surface area contributed by atoms with Gasteiger partial charge in [0.05, 0.1) is 6.42 Å². The van der Waals surface area contributed by atoms with Crippen LogP contribution < -0.4 is 5.32 Å². The van der Waals surface area contributed by atoms with Crippen molar-refractivity contribution in [2.24, 2.45) is 0 Å². The smallest absolute Gasteiger partial charge is 0.224 e. The Morgan fingerprint density at radius 2 is 2.25 bits per heavy atom. The van der Waals surface area contributed by atoms with Gasteiger partial charge in [-0.1, -0.05) is 41.4 Å². The average Bonchev–Trinajstić information content (AvgIpc) is 2.93. The first-order valence-corrected chi connectivity index (χ1v) is 6.76. The van der Waals surface area contributed by atoms with Gasteiger partial charge in [0.2, 0.25) is 5.91 Å². The zero-order valence-electron chi connectivity index (χ0n) is 10.7. The number of halogens is 2. The van der Waals surface area contributed by atoms with E-state index in [-0.39, 0.29) is 18.2 Å². The number of hydrogen-bond acceptors (Lipinski definition) is 4. The molecule has 0 saturated heterocycles. The van der Waals surface area contributed by atoms with Crippen LogP contribution in [0.15, 0.2) is 18.2 Å². The quantitative estimate of drug-likeness (QED) is 0.884. The molecule has 0 saturated carbocycles. The third kappa shape index (κ3) is 3.91. The minimum absolute atomic E-state index is 0.0154. The molecular formula is C12H13Cl2N5O. The highest BCUT2D eigenvalue weighted by Crippen LogP contribution is 2.21. The Hall–Kier alpha value is -1.66. The molecule has 2 aromatic rings. The normalized spacial score (nSPS) is 12.2. The molecule has 6 nitrogen and oxygen atoms in total. The van der Waals surface area contributed by atoms with E-state index in [0.29, 0.717) is 22.4 Å². The van der Waals surface area contributed by atoms with E-state index < -0.39 is 0 Å². The van der Waals surface area contributed by atoms with Crippen LogP contribution in [0.5, 0.6) is 0 Å². The molecule has 0 aliphatic heterocycles. The highest BCUT2D eigenvalue weighted by Gasteiger charge is 2.13. The largest absolute Gasteiger partial charge is 0.355 e. The molecule has 0 bridgehead atoms. The summed E-state index contributed by atoms with van der Waals surface area (Å²) in [5, 5.41) is 17.4. The number of benzene rings is 1. The van der Waals surface area contributed by atoms with Gasteiger partial charge < -0.3 is 5.32 Å². The Morgan fingerprint density at radius 1 is 1.45 bits per heavy atom. The second-order valence-electron chi connectivity index (χ2n) is 4.39. The number of H-pyrrole nitrogens is 1. The molecule has 1 heterocycles. The summed E-state index contributed by atoms with van der Waals surface area (Å²) < 4.78 is 0. The van der Waals surface area contributed by atoms with Crippen LogP contribution in [0.4, 0.5) is 0 Å². The molecule has 1 amide bonds. The molecule has 0 unspecified atom stereocenters. The Bertz CT molecular complexity index is 588. The van der Waals surface area contributed by atoms with Crippen molar-refractivity contribution in [2.75, 3.05) is 6.54 Å². The predicted octanol–water partition coefficient (Wildman–Crippen LogP) is 1.97. The van der Waals surface area contributed by atoms with Crippen LogP contribution in [-0.4, -0.2) is 33.1 Å². The Kier molecular flexibility index (Phi) is 4.92. The fourth-order valence-electron chi connectivity index (χ4n) is 1.64. The molecule has 0 spiro atoms. The summed E-state index contributed by atoms with van der Waals surface area (Å²) in [7, 11) is 0. The first kappa shape index (κ1) is 14.7. The zero-order chi connectivity index (χ0) is 14.5. The van der Waals surface area contributed by atoms with Crippen molar-refractivity contribution in [3.63, 3.8) is 0 Å². The van der Waals surface area contributed by atoms with E-state index in [1.807, 2.05) is 6.92 Å². The standard InChI is InChI=1S/C12H13Cl2N5O/c1-7(12-16-18-19-17-12)6-15-11(20)4-8-2-3-9(13)5-10(8)14/h2-3,5,7H,4,6H2,1H3,(H,15,20)(H,16,17,18,19)/t7-/m0/s1. The highest BCUT2D eigenvalue weighted by atomic mass is 35.5. The van der Waals surface area contributed by atoms with Gasteiger partial charge in [-0.25, -0.2) is 0 Å². The minimum atomic E-state index is -0.121. The number of hydrogen-bond donors (Lipinski definition) is 2. The lowest BCUT2D eigenvalue weighted by Crippen LogP contribution is -2.29. The third-order valence-electron chi connectivity index (χ3n) is 2.77. The van der Waals surface area contributed by atoms with Gasteiger partial charge in [0, 0.05) is 22.5 Å². The maximum absolute atomic E-state index is 11.9. The lowest BCUT2D eigenvalue weighted by molar-refractivity contribution is -0.120. The number of aromatic nitrogens is 4. The molecule has 0 radical (unpaired) electrons. The average molecular weight is 314 g/mol. The van der Waals surface area contributed by atoms with Crippen LogP contribution in [0.3, 0.4) is 0 Å². The van der Waals surface area contributed by atoms with Gasteiger partial charge in [-0.05, 0) is 17.7 Å². The summed E-state index contributed by atoms with van der Waals surface area (Å²) in [6, 6.07) is 5.07. The molecule has 1 atom stereocenters. The lowest BCUT2D eigenvalue weighted by atomic mass is 10.1. The maximum atomic E-state index is 11.9. The molecule has 8 heteroatoms. The molecule has 20 heavy (non-hydrogen) atoms. The van der Waals surface area contributed by atoms with E-state index in [4.69, 9.17) is 23.2 Å². The van der Waals surface area contributed by atoms with E-state index in [9.17, 15) is 4.79 Å². The molecule has 1 aromatic heterocycles. The van der Waals surface area contributed by atoms with Gasteiger partial charge >= 0.3 is 0 Å². The zero-order valence-corrected chi connectivity index (χ0v) is 12.2. The van der Waals surface area contributed by atoms with E-state index >= 15 is 0 Å². The maximum Gasteiger partial charge on any atom is 0.224 e. The van der Waals surface area contributed by atoms with Crippen molar-refractivity contribution in [3.05, 3.63) is 39.6 Å². The summed E-state index contributed by atoms with van der Waals surface area (Å²) in [5.74, 6) is 0.429. The molecular weight excluding hydrogens is 301 g/mol. The second kappa shape index (κ2) is 6.67. The first-order valence-electron chi connectivity index (χ1n) is 6.00. The summed E-state index contributed by atoms with van der Waals surface area (Å²) in [4.78, 5) is 11.9. The lowest BCUT2D eigenvalue weighted by Gasteiger charge is -2.09. The van der Waals surface area contributed by atoms with Crippen molar-refractivity contribution in [2.45, 2.75) is 19.3 Å².